The van der Waals surface area contributed by atoms with E-state index >= 15 is 0 Å². The number of benzene rings is 2. The van der Waals surface area contributed by atoms with Crippen LogP contribution in [0.5, 0.6) is 11.5 Å². The highest BCUT2D eigenvalue weighted by atomic mass is 35.5. The molecule has 1 aliphatic rings. The van der Waals surface area contributed by atoms with Gasteiger partial charge in [-0.05, 0) is 73.4 Å². The maximum absolute atomic E-state index is 13.4. The zero-order valence-electron chi connectivity index (χ0n) is 19.6. The topological polar surface area (TPSA) is 118 Å². The van der Waals surface area contributed by atoms with Crippen LogP contribution in [0.2, 0.25) is 5.02 Å². The molecular formula is C26H28ClN3O5S. The van der Waals surface area contributed by atoms with Crippen LogP contribution in [0.4, 0.5) is 0 Å². The fraction of sp³-hybridized carbons (Fsp3) is 0.308. The second kappa shape index (κ2) is 11.8. The number of sulfone groups is 1. The van der Waals surface area contributed by atoms with Crippen LogP contribution in [0.1, 0.15) is 37.7 Å². The Bertz CT molecular complexity index is 1280. The maximum atomic E-state index is 13.4. The van der Waals surface area contributed by atoms with Gasteiger partial charge in [0.1, 0.15) is 11.5 Å². The van der Waals surface area contributed by atoms with Gasteiger partial charge < -0.3 is 10.1 Å². The lowest BCUT2D eigenvalue weighted by atomic mass is 9.83. The summed E-state index contributed by atoms with van der Waals surface area (Å²) >= 11 is 5.89. The molecule has 10 heteroatoms. The van der Waals surface area contributed by atoms with Crippen LogP contribution < -0.4 is 15.5 Å². The van der Waals surface area contributed by atoms with E-state index in [1.807, 2.05) is 0 Å². The monoisotopic (exact) mass is 529 g/mol. The fourth-order valence-electron chi connectivity index (χ4n) is 4.47. The summed E-state index contributed by atoms with van der Waals surface area (Å²) < 4.78 is 32.6. The van der Waals surface area contributed by atoms with E-state index < -0.39 is 21.8 Å². The summed E-state index contributed by atoms with van der Waals surface area (Å²) in [5.41, 5.74) is 2.18. The Labute approximate surface area is 215 Å². The zero-order valence-corrected chi connectivity index (χ0v) is 21.1. The molecule has 1 heterocycles. The molecule has 3 N–H and O–H groups in total. The van der Waals surface area contributed by atoms with Crippen molar-refractivity contribution in [2.45, 2.75) is 54.6 Å². The molecule has 1 amide bonds. The number of carbonyl (C=O) groups excluding carboxylic acids is 1. The third kappa shape index (κ3) is 6.22. The van der Waals surface area contributed by atoms with E-state index in [1.54, 1.807) is 54.0 Å². The molecule has 2 aromatic carbocycles. The third-order valence-electron chi connectivity index (χ3n) is 6.31. The molecule has 0 radical (unpaired) electrons. The van der Waals surface area contributed by atoms with Crippen molar-refractivity contribution >= 4 is 27.3 Å². The molecule has 1 aliphatic carbocycles. The van der Waals surface area contributed by atoms with Crippen LogP contribution >= 0.6 is 11.6 Å². The number of ether oxygens (including phenoxy) is 1. The van der Waals surface area contributed by atoms with E-state index in [9.17, 15) is 18.4 Å². The Hall–Kier alpha value is -2.98. The van der Waals surface area contributed by atoms with Gasteiger partial charge in [0.15, 0.2) is 5.03 Å². The molecule has 36 heavy (non-hydrogen) atoms. The quantitative estimate of drug-likeness (QED) is 0.266. The van der Waals surface area contributed by atoms with Crippen LogP contribution in [-0.4, -0.2) is 30.6 Å². The van der Waals surface area contributed by atoms with E-state index in [0.717, 1.165) is 32.1 Å². The van der Waals surface area contributed by atoms with Crippen molar-refractivity contribution in [2.75, 3.05) is 0 Å². The number of amides is 1. The highest BCUT2D eigenvalue weighted by Gasteiger charge is 2.30. The first-order chi connectivity index (χ1) is 17.4. The summed E-state index contributed by atoms with van der Waals surface area (Å²) in [6.07, 6.45) is 6.32. The molecule has 0 unspecified atom stereocenters. The number of halogens is 1. The van der Waals surface area contributed by atoms with Crippen molar-refractivity contribution in [3.05, 3.63) is 77.4 Å². The molecule has 1 saturated carbocycles. The van der Waals surface area contributed by atoms with E-state index in [-0.39, 0.29) is 22.4 Å². The zero-order chi connectivity index (χ0) is 25.5. The molecule has 1 fully saturated rings. The SMILES string of the molecule is O=C(NO)[C@H](NCc1cccnc1S(=O)(=O)c1ccc(Oc2ccc(Cl)cc2)cc1)C1CCCCC1. The van der Waals surface area contributed by atoms with Crippen LogP contribution in [0.25, 0.3) is 0 Å². The Morgan fingerprint density at radius 3 is 2.31 bits per heavy atom. The van der Waals surface area contributed by atoms with E-state index in [1.165, 1.54) is 18.3 Å². The lowest BCUT2D eigenvalue weighted by Gasteiger charge is -2.29. The minimum absolute atomic E-state index is 0.0656. The average molecular weight is 530 g/mol. The number of carbonyl (C=O) groups is 1. The minimum Gasteiger partial charge on any atom is -0.457 e. The summed E-state index contributed by atoms with van der Waals surface area (Å²) in [6, 6.07) is 15.6. The van der Waals surface area contributed by atoms with Gasteiger partial charge in [0.25, 0.3) is 5.91 Å². The standard InChI is InChI=1S/C26H28ClN3O5S/c27-20-8-10-21(11-9-20)35-22-12-14-23(15-13-22)36(33,34)26-19(7-4-16-28-26)17-29-24(25(31)30-32)18-5-2-1-3-6-18/h4,7-16,18,24,29,32H,1-3,5-6,17H2,(H,30,31)/t24-/m1/s1. The van der Waals surface area contributed by atoms with Gasteiger partial charge in [-0.1, -0.05) is 36.9 Å². The number of aromatic nitrogens is 1. The number of pyridine rings is 1. The molecule has 1 atom stereocenters. The summed E-state index contributed by atoms with van der Waals surface area (Å²) in [5.74, 6) is 0.597. The maximum Gasteiger partial charge on any atom is 0.260 e. The van der Waals surface area contributed by atoms with Crippen molar-refractivity contribution in [1.82, 2.24) is 15.8 Å². The lowest BCUT2D eigenvalue weighted by molar-refractivity contribution is -0.133. The highest BCUT2D eigenvalue weighted by molar-refractivity contribution is 7.91. The summed E-state index contributed by atoms with van der Waals surface area (Å²) in [5, 5.41) is 12.9. The van der Waals surface area contributed by atoms with Gasteiger partial charge in [-0.25, -0.2) is 18.9 Å². The van der Waals surface area contributed by atoms with Crippen molar-refractivity contribution in [3.63, 3.8) is 0 Å². The Balaban J connectivity index is 1.52. The van der Waals surface area contributed by atoms with Gasteiger partial charge in [0.2, 0.25) is 9.84 Å². The van der Waals surface area contributed by atoms with Gasteiger partial charge in [-0.15, -0.1) is 0 Å². The molecule has 0 spiro atoms. The van der Waals surface area contributed by atoms with Crippen LogP contribution in [-0.2, 0) is 21.2 Å². The molecule has 8 nitrogen and oxygen atoms in total. The smallest absolute Gasteiger partial charge is 0.260 e. The average Bonchev–Trinajstić information content (AvgIpc) is 2.91. The Morgan fingerprint density at radius 1 is 1.03 bits per heavy atom. The van der Waals surface area contributed by atoms with E-state index in [2.05, 4.69) is 10.3 Å². The van der Waals surface area contributed by atoms with Gasteiger partial charge in [0, 0.05) is 23.3 Å². The van der Waals surface area contributed by atoms with Crippen molar-refractivity contribution in [1.29, 1.82) is 0 Å². The number of rotatable bonds is 9. The fourth-order valence-corrected chi connectivity index (χ4v) is 6.00. The lowest BCUT2D eigenvalue weighted by Crippen LogP contribution is -2.48. The predicted octanol–water partition coefficient (Wildman–Crippen LogP) is 4.90. The summed E-state index contributed by atoms with van der Waals surface area (Å²) in [7, 11) is -3.94. The van der Waals surface area contributed by atoms with E-state index in [4.69, 9.17) is 16.3 Å². The minimum atomic E-state index is -3.94. The van der Waals surface area contributed by atoms with Crippen LogP contribution in [0, 0.1) is 5.92 Å². The Kier molecular flexibility index (Phi) is 8.58. The van der Waals surface area contributed by atoms with Crippen LogP contribution in [0.3, 0.4) is 0 Å². The largest absolute Gasteiger partial charge is 0.457 e. The van der Waals surface area contributed by atoms with Gasteiger partial charge in [-0.2, -0.15) is 0 Å². The predicted molar refractivity (Wildman–Crippen MR) is 135 cm³/mol. The van der Waals surface area contributed by atoms with E-state index in [0.29, 0.717) is 22.1 Å². The molecule has 4 rings (SSSR count). The van der Waals surface area contributed by atoms with Crippen molar-refractivity contribution in [2.24, 2.45) is 5.92 Å². The molecular weight excluding hydrogens is 502 g/mol. The third-order valence-corrected chi connectivity index (χ3v) is 8.34. The first kappa shape index (κ1) is 26.1. The van der Waals surface area contributed by atoms with Gasteiger partial charge >= 0.3 is 0 Å². The van der Waals surface area contributed by atoms with Crippen LogP contribution in [0.15, 0.2) is 76.8 Å². The normalized spacial score (nSPS) is 15.3. The molecule has 0 saturated heterocycles. The number of hydrogen-bond acceptors (Lipinski definition) is 7. The molecule has 3 aromatic rings. The molecule has 190 valence electrons. The first-order valence-corrected chi connectivity index (χ1v) is 13.6. The molecule has 1 aromatic heterocycles. The molecule has 0 bridgehead atoms. The van der Waals surface area contributed by atoms with Crippen molar-refractivity contribution in [3.8, 4) is 11.5 Å². The van der Waals surface area contributed by atoms with Crippen molar-refractivity contribution < 1.29 is 23.2 Å². The highest BCUT2D eigenvalue weighted by Crippen LogP contribution is 2.29. The second-order valence-electron chi connectivity index (χ2n) is 8.73. The number of hydrogen-bond donors (Lipinski definition) is 3. The first-order valence-electron chi connectivity index (χ1n) is 11.8. The Morgan fingerprint density at radius 2 is 1.67 bits per heavy atom. The summed E-state index contributed by atoms with van der Waals surface area (Å²) in [4.78, 5) is 16.6. The number of nitrogens with one attached hydrogen (secondary N) is 2. The van der Waals surface area contributed by atoms with Gasteiger partial charge in [0.05, 0.1) is 10.9 Å². The number of hydroxylamine groups is 1. The second-order valence-corrected chi connectivity index (χ2v) is 11.0. The summed E-state index contributed by atoms with van der Waals surface area (Å²) in [6.45, 7) is 0.106. The number of nitrogens with zero attached hydrogens (tertiary/aromatic N) is 1. The molecule has 0 aliphatic heterocycles. The van der Waals surface area contributed by atoms with Gasteiger partial charge in [-0.3, -0.25) is 10.0 Å².